The summed E-state index contributed by atoms with van der Waals surface area (Å²) < 4.78 is 0. The van der Waals surface area contributed by atoms with Gasteiger partial charge in [0.2, 0.25) is 0 Å². The van der Waals surface area contributed by atoms with Gasteiger partial charge in [0.1, 0.15) is 0 Å². The maximum Gasteiger partial charge on any atom is 0.319 e. The number of aryl methyl sites for hydroxylation is 1. The number of nitrogens with one attached hydrogen (secondary N) is 2. The van der Waals surface area contributed by atoms with Gasteiger partial charge in [0, 0.05) is 14.1 Å². The molecule has 1 aromatic rings. The molecule has 0 unspecified atom stereocenters. The predicted molar refractivity (Wildman–Crippen MR) is 78.7 cm³/mol. The number of hydrogen-bond acceptors (Lipinski definition) is 1. The molecular weight excluding hydrogens is 212 g/mol. The van der Waals surface area contributed by atoms with Crippen LogP contribution in [0.4, 0.5) is 10.5 Å². The first kappa shape index (κ1) is 15.5. The van der Waals surface area contributed by atoms with Gasteiger partial charge in [-0.2, -0.15) is 0 Å². The van der Waals surface area contributed by atoms with Crippen LogP contribution in [0, 0.1) is 6.92 Å². The molecule has 0 aliphatic carbocycles. The van der Waals surface area contributed by atoms with Crippen molar-refractivity contribution in [1.82, 2.24) is 5.32 Å². The van der Waals surface area contributed by atoms with E-state index >= 15 is 0 Å². The molecule has 0 aromatic heterocycles. The van der Waals surface area contributed by atoms with Gasteiger partial charge in [0.05, 0.1) is 0 Å². The molecule has 0 radical (unpaired) electrons. The van der Waals surface area contributed by atoms with Gasteiger partial charge in [-0.15, -0.1) is 0 Å². The van der Waals surface area contributed by atoms with Crippen LogP contribution in [-0.2, 0) is 0 Å². The van der Waals surface area contributed by atoms with Crippen LogP contribution in [0.25, 0.3) is 0 Å². The quantitative estimate of drug-likeness (QED) is 0.749. The molecule has 0 heterocycles. The highest BCUT2D eigenvalue weighted by molar-refractivity contribution is 5.89. The Balaban J connectivity index is -0.000000609. The Bertz CT molecular complexity index is 363. The van der Waals surface area contributed by atoms with E-state index in [9.17, 15) is 4.79 Å². The van der Waals surface area contributed by atoms with Crippen molar-refractivity contribution in [3.05, 3.63) is 29.8 Å². The van der Waals surface area contributed by atoms with Gasteiger partial charge in [0.15, 0.2) is 0 Å². The molecular formula is C14H28N2O. The minimum atomic E-state index is -0.214. The normalized spacial score (nSPS) is 10.0. The van der Waals surface area contributed by atoms with Crippen LogP contribution in [0.5, 0.6) is 0 Å². The zero-order valence-electron chi connectivity index (χ0n) is 11.7. The first-order valence-electron chi connectivity index (χ1n) is 6.03. The van der Waals surface area contributed by atoms with E-state index in [0.717, 1.165) is 11.3 Å². The molecule has 0 saturated carbocycles. The zero-order valence-corrected chi connectivity index (χ0v) is 11.7. The Kier molecular flexibility index (Phi) is 6.33. The molecule has 0 atom stereocenters. The number of carbonyl (C=O) groups is 1. The van der Waals surface area contributed by atoms with E-state index in [1.807, 2.05) is 65.8 Å². The Morgan fingerprint density at radius 2 is 1.82 bits per heavy atom. The van der Waals surface area contributed by atoms with Gasteiger partial charge >= 0.3 is 6.03 Å². The summed E-state index contributed by atoms with van der Waals surface area (Å²) in [5.74, 6) is 0. The topological polar surface area (TPSA) is 41.1 Å². The van der Waals surface area contributed by atoms with Crippen LogP contribution in [0.1, 0.15) is 43.0 Å². The standard InChI is InChI=1S/C12H18N2O.C2H6.2H2/c1-9-6-5-7-10(8-9)13-11(15)14-12(2,3)4;1-2;;/h5-8H,1-4H3,(H2,13,14,15);1-2H3;2*1H. The summed E-state index contributed by atoms with van der Waals surface area (Å²) in [6.45, 7) is 11.8. The second-order valence-electron chi connectivity index (χ2n) is 4.70. The maximum absolute atomic E-state index is 11.5. The van der Waals surface area contributed by atoms with Gasteiger partial charge in [-0.25, -0.2) is 4.79 Å². The Morgan fingerprint density at radius 1 is 1.24 bits per heavy atom. The van der Waals surface area contributed by atoms with Crippen LogP contribution in [0.2, 0.25) is 0 Å². The van der Waals surface area contributed by atoms with Crippen molar-refractivity contribution >= 4 is 11.7 Å². The van der Waals surface area contributed by atoms with E-state index in [2.05, 4.69) is 10.6 Å². The highest BCUT2D eigenvalue weighted by atomic mass is 16.2. The van der Waals surface area contributed by atoms with Crippen molar-refractivity contribution in [3.8, 4) is 0 Å². The predicted octanol–water partition coefficient (Wildman–Crippen LogP) is 4.43. The molecule has 1 aromatic carbocycles. The lowest BCUT2D eigenvalue weighted by Gasteiger charge is -2.20. The van der Waals surface area contributed by atoms with Crippen LogP contribution in [0.15, 0.2) is 24.3 Å². The van der Waals surface area contributed by atoms with Crippen molar-refractivity contribution in [2.24, 2.45) is 0 Å². The molecule has 3 heteroatoms. The van der Waals surface area contributed by atoms with Gasteiger partial charge in [0.25, 0.3) is 0 Å². The smallest absolute Gasteiger partial charge is 0.319 e. The molecule has 100 valence electrons. The number of amides is 2. The van der Waals surface area contributed by atoms with E-state index in [4.69, 9.17) is 0 Å². The summed E-state index contributed by atoms with van der Waals surface area (Å²) in [7, 11) is 0. The SMILES string of the molecule is CC.Cc1cccc(NC(=O)NC(C)(C)C)c1.[HH].[HH]. The average Bonchev–Trinajstić information content (AvgIpc) is 2.17. The fourth-order valence-electron chi connectivity index (χ4n) is 1.23. The first-order valence-corrected chi connectivity index (χ1v) is 6.03. The molecule has 0 bridgehead atoms. The maximum atomic E-state index is 11.5. The van der Waals surface area contributed by atoms with E-state index < -0.39 is 0 Å². The number of anilines is 1. The summed E-state index contributed by atoms with van der Waals surface area (Å²) >= 11 is 0. The minimum Gasteiger partial charge on any atom is -0.333 e. The average molecular weight is 240 g/mol. The van der Waals surface area contributed by atoms with Crippen molar-refractivity contribution in [2.75, 3.05) is 5.32 Å². The molecule has 0 saturated heterocycles. The van der Waals surface area contributed by atoms with Gasteiger partial charge in [-0.3, -0.25) is 0 Å². The molecule has 0 aliphatic rings. The number of rotatable bonds is 1. The monoisotopic (exact) mass is 240 g/mol. The highest BCUT2D eigenvalue weighted by Gasteiger charge is 2.13. The van der Waals surface area contributed by atoms with Gasteiger partial charge < -0.3 is 10.6 Å². The van der Waals surface area contributed by atoms with Crippen molar-refractivity contribution < 1.29 is 7.65 Å². The summed E-state index contributed by atoms with van der Waals surface area (Å²) in [5.41, 5.74) is 1.73. The van der Waals surface area contributed by atoms with Crippen LogP contribution >= 0.6 is 0 Å². The Labute approximate surface area is 108 Å². The first-order chi connectivity index (χ1) is 7.87. The molecule has 1 rings (SSSR count). The summed E-state index contributed by atoms with van der Waals surface area (Å²) in [5, 5.41) is 5.63. The third kappa shape index (κ3) is 7.39. The lowest BCUT2D eigenvalue weighted by Crippen LogP contribution is -2.43. The molecule has 2 N–H and O–H groups in total. The molecule has 3 nitrogen and oxygen atoms in total. The molecule has 0 fully saturated rings. The summed E-state index contributed by atoms with van der Waals surface area (Å²) in [6, 6.07) is 7.54. The minimum absolute atomic E-state index is 0. The lowest BCUT2D eigenvalue weighted by molar-refractivity contribution is 0.244. The number of benzene rings is 1. The fraction of sp³-hybridized carbons (Fsp3) is 0.500. The van der Waals surface area contributed by atoms with Crippen LogP contribution < -0.4 is 10.6 Å². The third-order valence-electron chi connectivity index (χ3n) is 1.76. The molecule has 0 aliphatic heterocycles. The Hall–Kier alpha value is -1.51. The van der Waals surface area contributed by atoms with Crippen molar-refractivity contribution in [3.63, 3.8) is 0 Å². The Morgan fingerprint density at radius 3 is 2.29 bits per heavy atom. The number of urea groups is 1. The van der Waals surface area contributed by atoms with Crippen molar-refractivity contribution in [2.45, 2.75) is 47.1 Å². The zero-order chi connectivity index (χ0) is 13.5. The second-order valence-corrected chi connectivity index (χ2v) is 4.70. The number of hydrogen-bond donors (Lipinski definition) is 2. The van der Waals surface area contributed by atoms with Crippen molar-refractivity contribution in [1.29, 1.82) is 0 Å². The van der Waals surface area contributed by atoms with E-state index in [1.54, 1.807) is 0 Å². The van der Waals surface area contributed by atoms with Crippen LogP contribution in [0.3, 0.4) is 0 Å². The lowest BCUT2D eigenvalue weighted by atomic mass is 10.1. The third-order valence-corrected chi connectivity index (χ3v) is 1.76. The highest BCUT2D eigenvalue weighted by Crippen LogP contribution is 2.09. The second kappa shape index (κ2) is 6.94. The molecule has 0 spiro atoms. The van der Waals surface area contributed by atoms with Gasteiger partial charge in [-0.1, -0.05) is 26.0 Å². The largest absolute Gasteiger partial charge is 0.333 e. The summed E-state index contributed by atoms with van der Waals surface area (Å²) in [6.07, 6.45) is 0. The van der Waals surface area contributed by atoms with Crippen LogP contribution in [-0.4, -0.2) is 11.6 Å². The fourth-order valence-corrected chi connectivity index (χ4v) is 1.23. The van der Waals surface area contributed by atoms with E-state index in [1.165, 1.54) is 0 Å². The molecule has 2 amide bonds. The van der Waals surface area contributed by atoms with E-state index in [0.29, 0.717) is 0 Å². The van der Waals surface area contributed by atoms with E-state index in [-0.39, 0.29) is 14.4 Å². The summed E-state index contributed by atoms with van der Waals surface area (Å²) in [4.78, 5) is 11.5. The number of carbonyl (C=O) groups excluding carboxylic acids is 1. The van der Waals surface area contributed by atoms with Gasteiger partial charge in [-0.05, 0) is 45.4 Å². The molecule has 17 heavy (non-hydrogen) atoms.